The molecular formula is C11H10FN3O2. The molecule has 1 aromatic heterocycles. The number of carboxylic acid groups (broad SMARTS) is 1. The number of hydrogen-bond donors (Lipinski definition) is 2. The first-order valence-corrected chi connectivity index (χ1v) is 4.79. The quantitative estimate of drug-likeness (QED) is 0.773. The molecule has 0 bridgehead atoms. The minimum absolute atomic E-state index is 0.103. The number of rotatable bonds is 2. The topological polar surface area (TPSA) is 81.1 Å². The van der Waals surface area contributed by atoms with Gasteiger partial charge in [0.15, 0.2) is 0 Å². The van der Waals surface area contributed by atoms with Crippen molar-refractivity contribution in [1.82, 2.24) is 9.55 Å². The van der Waals surface area contributed by atoms with E-state index in [1.807, 2.05) is 0 Å². The minimum atomic E-state index is -1.38. The summed E-state index contributed by atoms with van der Waals surface area (Å²) in [5.74, 6) is -2.23. The average molecular weight is 235 g/mol. The Hall–Kier alpha value is -2.37. The van der Waals surface area contributed by atoms with E-state index in [2.05, 4.69) is 4.98 Å². The molecule has 0 saturated carbocycles. The molecule has 2 rings (SSSR count). The standard InChI is InChI=1S/C11H10FN3O2/c1-15-5-14-4-9(15)6-2-7(12)10(11(16)17)8(13)3-6/h2-5H,13H2,1H3,(H,16,17). The molecule has 0 spiro atoms. The fourth-order valence-corrected chi connectivity index (χ4v) is 1.64. The van der Waals surface area contributed by atoms with Crippen molar-refractivity contribution < 1.29 is 14.3 Å². The van der Waals surface area contributed by atoms with Gasteiger partial charge in [-0.1, -0.05) is 0 Å². The largest absolute Gasteiger partial charge is 0.478 e. The SMILES string of the molecule is Cn1cncc1-c1cc(N)c(C(=O)O)c(F)c1. The van der Waals surface area contributed by atoms with Gasteiger partial charge in [-0.2, -0.15) is 0 Å². The molecule has 0 radical (unpaired) electrons. The van der Waals surface area contributed by atoms with Crippen LogP contribution >= 0.6 is 0 Å². The maximum atomic E-state index is 13.6. The zero-order chi connectivity index (χ0) is 12.6. The van der Waals surface area contributed by atoms with Gasteiger partial charge in [-0.25, -0.2) is 14.2 Å². The monoisotopic (exact) mass is 235 g/mol. The van der Waals surface area contributed by atoms with Gasteiger partial charge in [0.05, 0.1) is 18.2 Å². The van der Waals surface area contributed by atoms with E-state index in [-0.39, 0.29) is 5.69 Å². The van der Waals surface area contributed by atoms with Gasteiger partial charge in [-0.3, -0.25) is 0 Å². The van der Waals surface area contributed by atoms with Crippen LogP contribution < -0.4 is 5.73 Å². The van der Waals surface area contributed by atoms with Crippen LogP contribution in [0.25, 0.3) is 11.3 Å². The summed E-state index contributed by atoms with van der Waals surface area (Å²) >= 11 is 0. The number of hydrogen-bond acceptors (Lipinski definition) is 3. The molecule has 1 heterocycles. The maximum Gasteiger partial charge on any atom is 0.340 e. The molecule has 2 aromatic rings. The third-order valence-corrected chi connectivity index (χ3v) is 2.45. The predicted octanol–water partition coefficient (Wildman–Crippen LogP) is 1.51. The zero-order valence-electron chi connectivity index (χ0n) is 9.01. The fourth-order valence-electron chi connectivity index (χ4n) is 1.64. The molecule has 0 aliphatic rings. The van der Waals surface area contributed by atoms with Crippen molar-refractivity contribution in [3.63, 3.8) is 0 Å². The van der Waals surface area contributed by atoms with Gasteiger partial charge in [0.2, 0.25) is 0 Å². The van der Waals surface area contributed by atoms with Crippen molar-refractivity contribution in [1.29, 1.82) is 0 Å². The van der Waals surface area contributed by atoms with E-state index >= 15 is 0 Å². The third-order valence-electron chi connectivity index (χ3n) is 2.45. The molecule has 0 fully saturated rings. The van der Waals surface area contributed by atoms with Crippen molar-refractivity contribution in [2.45, 2.75) is 0 Å². The van der Waals surface area contributed by atoms with E-state index in [1.54, 1.807) is 24.1 Å². The highest BCUT2D eigenvalue weighted by atomic mass is 19.1. The molecule has 88 valence electrons. The number of nitrogens with zero attached hydrogens (tertiary/aromatic N) is 2. The van der Waals surface area contributed by atoms with Crippen LogP contribution in [0.5, 0.6) is 0 Å². The lowest BCUT2D eigenvalue weighted by atomic mass is 10.1. The summed E-state index contributed by atoms with van der Waals surface area (Å²) in [5.41, 5.74) is 6.07. The van der Waals surface area contributed by atoms with Crippen LogP contribution in [0.2, 0.25) is 0 Å². The number of carbonyl (C=O) groups is 1. The van der Waals surface area contributed by atoms with Gasteiger partial charge >= 0.3 is 5.97 Å². The number of anilines is 1. The van der Waals surface area contributed by atoms with E-state index in [1.165, 1.54) is 6.07 Å². The normalized spacial score (nSPS) is 10.5. The van der Waals surface area contributed by atoms with Crippen LogP contribution in [-0.2, 0) is 7.05 Å². The van der Waals surface area contributed by atoms with E-state index in [4.69, 9.17) is 10.8 Å². The molecular weight excluding hydrogens is 225 g/mol. The van der Waals surface area contributed by atoms with Crippen LogP contribution in [0.3, 0.4) is 0 Å². The molecule has 3 N–H and O–H groups in total. The zero-order valence-corrected chi connectivity index (χ0v) is 9.01. The number of aromatic nitrogens is 2. The number of aromatic carboxylic acids is 1. The Kier molecular flexibility index (Phi) is 2.55. The minimum Gasteiger partial charge on any atom is -0.478 e. The second-order valence-corrected chi connectivity index (χ2v) is 3.62. The van der Waals surface area contributed by atoms with Gasteiger partial charge < -0.3 is 15.4 Å². The van der Waals surface area contributed by atoms with E-state index in [9.17, 15) is 9.18 Å². The molecule has 5 nitrogen and oxygen atoms in total. The first-order chi connectivity index (χ1) is 8.00. The predicted molar refractivity (Wildman–Crippen MR) is 60.0 cm³/mol. The Morgan fingerprint density at radius 2 is 2.24 bits per heavy atom. The van der Waals surface area contributed by atoms with Gasteiger partial charge in [0, 0.05) is 18.3 Å². The maximum absolute atomic E-state index is 13.6. The van der Waals surface area contributed by atoms with Crippen LogP contribution in [0, 0.1) is 5.82 Å². The molecule has 0 saturated heterocycles. The number of benzene rings is 1. The van der Waals surface area contributed by atoms with Crippen LogP contribution in [-0.4, -0.2) is 20.6 Å². The first-order valence-electron chi connectivity index (χ1n) is 4.79. The Balaban J connectivity index is 2.61. The molecule has 0 amide bonds. The summed E-state index contributed by atoms with van der Waals surface area (Å²) in [6.07, 6.45) is 3.11. The Labute approximate surface area is 96.3 Å². The third kappa shape index (κ3) is 1.84. The Morgan fingerprint density at radius 3 is 2.71 bits per heavy atom. The first kappa shape index (κ1) is 11.1. The number of imidazole rings is 1. The number of carboxylic acids is 1. The second-order valence-electron chi connectivity index (χ2n) is 3.62. The van der Waals surface area contributed by atoms with Gasteiger partial charge in [0.1, 0.15) is 11.4 Å². The van der Waals surface area contributed by atoms with Crippen molar-refractivity contribution >= 4 is 11.7 Å². The van der Waals surface area contributed by atoms with Crippen LogP contribution in [0.15, 0.2) is 24.7 Å². The lowest BCUT2D eigenvalue weighted by Gasteiger charge is -2.07. The summed E-state index contributed by atoms with van der Waals surface area (Å²) in [6, 6.07) is 2.56. The van der Waals surface area contributed by atoms with Gasteiger partial charge in [-0.05, 0) is 12.1 Å². The van der Waals surface area contributed by atoms with Gasteiger partial charge in [0.25, 0.3) is 0 Å². The number of halogens is 1. The molecule has 0 atom stereocenters. The van der Waals surface area contributed by atoms with E-state index in [0.717, 1.165) is 6.07 Å². The Bertz CT molecular complexity index is 569. The highest BCUT2D eigenvalue weighted by molar-refractivity contribution is 5.95. The van der Waals surface area contributed by atoms with E-state index in [0.29, 0.717) is 11.3 Å². The average Bonchev–Trinajstić information content (AvgIpc) is 2.62. The summed E-state index contributed by atoms with van der Waals surface area (Å²) in [4.78, 5) is 14.7. The van der Waals surface area contributed by atoms with E-state index < -0.39 is 17.3 Å². The second kappa shape index (κ2) is 3.89. The van der Waals surface area contributed by atoms with Crippen LogP contribution in [0.4, 0.5) is 10.1 Å². The number of nitrogen functional groups attached to an aromatic ring is 1. The molecule has 0 unspecified atom stereocenters. The molecule has 17 heavy (non-hydrogen) atoms. The summed E-state index contributed by atoms with van der Waals surface area (Å²) in [6.45, 7) is 0. The molecule has 1 aromatic carbocycles. The molecule has 0 aliphatic carbocycles. The highest BCUT2D eigenvalue weighted by Crippen LogP contribution is 2.26. The fraction of sp³-hybridized carbons (Fsp3) is 0.0909. The van der Waals surface area contributed by atoms with Crippen molar-refractivity contribution in [3.05, 3.63) is 36.0 Å². The number of nitrogens with two attached hydrogens (primary N) is 1. The van der Waals surface area contributed by atoms with Gasteiger partial charge in [-0.15, -0.1) is 0 Å². The molecule has 0 aliphatic heterocycles. The highest BCUT2D eigenvalue weighted by Gasteiger charge is 2.17. The van der Waals surface area contributed by atoms with Crippen molar-refractivity contribution in [2.24, 2.45) is 7.05 Å². The molecule has 6 heteroatoms. The van der Waals surface area contributed by atoms with Crippen molar-refractivity contribution in [2.75, 3.05) is 5.73 Å². The number of aryl methyl sites for hydroxylation is 1. The van der Waals surface area contributed by atoms with Crippen molar-refractivity contribution in [3.8, 4) is 11.3 Å². The summed E-state index contributed by atoms with van der Waals surface area (Å²) < 4.78 is 15.3. The smallest absolute Gasteiger partial charge is 0.340 e. The summed E-state index contributed by atoms with van der Waals surface area (Å²) in [5, 5.41) is 8.78. The Morgan fingerprint density at radius 1 is 1.53 bits per heavy atom. The lowest BCUT2D eigenvalue weighted by Crippen LogP contribution is -2.06. The summed E-state index contributed by atoms with van der Waals surface area (Å²) in [7, 11) is 1.75. The van der Waals surface area contributed by atoms with Crippen LogP contribution in [0.1, 0.15) is 10.4 Å². The lowest BCUT2D eigenvalue weighted by molar-refractivity contribution is 0.0693.